The minimum absolute atomic E-state index is 0.0248. The van der Waals surface area contributed by atoms with Crippen LogP contribution in [0.2, 0.25) is 0 Å². The number of hydrogen-bond acceptors (Lipinski definition) is 5. The van der Waals surface area contributed by atoms with Crippen molar-refractivity contribution in [2.45, 2.75) is 33.1 Å². The third kappa shape index (κ3) is 3.39. The zero-order valence-corrected chi connectivity index (χ0v) is 15.9. The predicted octanol–water partition coefficient (Wildman–Crippen LogP) is 3.86. The topological polar surface area (TPSA) is 102 Å². The molecule has 0 radical (unpaired) electrons. The highest BCUT2D eigenvalue weighted by Gasteiger charge is 2.64. The van der Waals surface area contributed by atoms with Crippen LogP contribution < -0.4 is 0 Å². The average Bonchev–Trinajstić information content (AvgIpc) is 2.81. The van der Waals surface area contributed by atoms with Crippen molar-refractivity contribution >= 4 is 37.5 Å². The Bertz CT molecular complexity index is 801. The summed E-state index contributed by atoms with van der Waals surface area (Å²) in [7, 11) is -4.33. The first kappa shape index (κ1) is 19.0. The highest BCUT2D eigenvalue weighted by molar-refractivity contribution is 9.10. The van der Waals surface area contributed by atoms with Gasteiger partial charge < -0.3 is 4.55 Å². The number of rotatable bonds is 2. The van der Waals surface area contributed by atoms with Gasteiger partial charge in [0.15, 0.2) is 4.98 Å². The molecule has 2 atom stereocenters. The molecule has 8 heteroatoms. The van der Waals surface area contributed by atoms with Crippen molar-refractivity contribution in [2.24, 2.45) is 16.7 Å². The fourth-order valence-corrected chi connectivity index (χ4v) is 5.59. The zero-order valence-electron chi connectivity index (χ0n) is 13.5. The average molecular weight is 415 g/mol. The number of ketones is 1. The van der Waals surface area contributed by atoms with E-state index in [1.165, 1.54) is 0 Å². The minimum Gasteiger partial charge on any atom is -0.748 e. The van der Waals surface area contributed by atoms with E-state index < -0.39 is 21.3 Å². The first-order valence-electron chi connectivity index (χ1n) is 7.60. The van der Waals surface area contributed by atoms with Crippen LogP contribution in [0.3, 0.4) is 0 Å². The van der Waals surface area contributed by atoms with E-state index in [0.717, 1.165) is 10.9 Å². The van der Waals surface area contributed by atoms with Crippen LogP contribution in [0.15, 0.2) is 28.7 Å². The molecule has 0 unspecified atom stereocenters. The second-order valence-corrected chi connectivity index (χ2v) is 9.18. The van der Waals surface area contributed by atoms with Crippen LogP contribution in [0, 0.1) is 22.1 Å². The molecule has 0 aromatic heterocycles. The summed E-state index contributed by atoms with van der Waals surface area (Å²) in [4.78, 5) is 14.9. The van der Waals surface area contributed by atoms with Gasteiger partial charge in [0.25, 0.3) is 0 Å². The Kier molecular flexibility index (Phi) is 5.19. The standard InChI is InChI=1S/C10H16O4S.C6H4BrN2/c1-9(2)7-3-4-10(9,8(11)5-7)6-15(12,13)14;7-5-3-1-2-4-6(5)9-8/h7H,3-6H2,1-2H3,(H,12,13,14);1-4H/q;+1/p-1/t7-,10-;/m0./s1. The maximum Gasteiger partial charge on any atom is 0.399 e. The Morgan fingerprint density at radius 2 is 2.00 bits per heavy atom. The molecule has 2 saturated carbocycles. The maximum absolute atomic E-state index is 11.8. The Morgan fingerprint density at radius 1 is 1.38 bits per heavy atom. The van der Waals surface area contributed by atoms with Crippen LogP contribution in [0.1, 0.15) is 33.1 Å². The SMILES string of the molecule is CC1(C)[C@H]2CC[C@]1(CS(=O)(=O)[O-])C(=O)C2.N#[N+]c1ccccc1Br. The van der Waals surface area contributed by atoms with Crippen LogP contribution in [-0.4, -0.2) is 24.5 Å². The highest BCUT2D eigenvalue weighted by atomic mass is 79.9. The molecule has 0 aliphatic heterocycles. The normalized spacial score (nSPS) is 27.3. The van der Waals surface area contributed by atoms with Gasteiger partial charge >= 0.3 is 5.69 Å². The van der Waals surface area contributed by atoms with E-state index in [1.54, 1.807) is 12.1 Å². The molecule has 0 amide bonds. The molecular formula is C16H19BrN2O4S. The second kappa shape index (κ2) is 6.54. The number of Topliss-reactive ketones (excluding diaryl/α,β-unsaturated/α-hetero) is 1. The summed E-state index contributed by atoms with van der Waals surface area (Å²) in [6, 6.07) is 7.19. The molecule has 2 aliphatic rings. The number of halogens is 1. The predicted molar refractivity (Wildman–Crippen MR) is 92.0 cm³/mol. The van der Waals surface area contributed by atoms with Crippen molar-refractivity contribution in [3.05, 3.63) is 33.7 Å². The summed E-state index contributed by atoms with van der Waals surface area (Å²) in [6.45, 7) is 3.83. The molecule has 2 aliphatic carbocycles. The largest absolute Gasteiger partial charge is 0.748 e. The summed E-state index contributed by atoms with van der Waals surface area (Å²) >= 11 is 3.20. The van der Waals surface area contributed by atoms with Crippen molar-refractivity contribution in [3.63, 3.8) is 0 Å². The molecule has 1 aromatic rings. The van der Waals surface area contributed by atoms with Crippen molar-refractivity contribution in [1.29, 1.82) is 5.39 Å². The fourth-order valence-electron chi connectivity index (χ4n) is 3.94. The quantitative estimate of drug-likeness (QED) is 0.539. The van der Waals surface area contributed by atoms with Gasteiger partial charge in [-0.1, -0.05) is 26.0 Å². The van der Waals surface area contributed by atoms with Gasteiger partial charge in [-0.2, -0.15) is 0 Å². The van der Waals surface area contributed by atoms with Crippen LogP contribution in [0.25, 0.3) is 4.98 Å². The summed E-state index contributed by atoms with van der Waals surface area (Å²) in [5.41, 5.74) is -0.669. The lowest BCUT2D eigenvalue weighted by atomic mass is 9.70. The number of benzene rings is 1. The fraction of sp³-hybridized carbons (Fsp3) is 0.562. The molecular weight excluding hydrogens is 396 g/mol. The first-order chi connectivity index (χ1) is 11.0. The van der Waals surface area contributed by atoms with Crippen LogP contribution in [0.5, 0.6) is 0 Å². The van der Waals surface area contributed by atoms with E-state index in [1.807, 2.05) is 26.0 Å². The number of nitrogens with zero attached hydrogens (tertiary/aromatic N) is 2. The van der Waals surface area contributed by atoms with E-state index in [-0.39, 0.29) is 17.1 Å². The molecule has 2 bridgehead atoms. The third-order valence-electron chi connectivity index (χ3n) is 5.52. The Hall–Kier alpha value is -1.30. The monoisotopic (exact) mass is 414 g/mol. The van der Waals surface area contributed by atoms with Crippen LogP contribution in [-0.2, 0) is 14.9 Å². The second-order valence-electron chi connectivity index (χ2n) is 6.92. The van der Waals surface area contributed by atoms with Gasteiger partial charge in [-0.3, -0.25) is 4.79 Å². The number of hydrogen-bond donors (Lipinski definition) is 0. The van der Waals surface area contributed by atoms with Crippen molar-refractivity contribution < 1.29 is 17.8 Å². The highest BCUT2D eigenvalue weighted by Crippen LogP contribution is 2.64. The maximum atomic E-state index is 11.8. The molecule has 1 aromatic carbocycles. The summed E-state index contributed by atoms with van der Waals surface area (Å²) < 4.78 is 33.5. The van der Waals surface area contributed by atoms with E-state index in [4.69, 9.17) is 5.39 Å². The number of carbonyl (C=O) groups is 1. The van der Waals surface area contributed by atoms with Gasteiger partial charge in [-0.05, 0) is 46.2 Å². The number of fused-ring (bicyclic) bond motifs is 2. The van der Waals surface area contributed by atoms with Gasteiger partial charge in [0.2, 0.25) is 5.39 Å². The molecule has 0 heterocycles. The van der Waals surface area contributed by atoms with E-state index in [2.05, 4.69) is 20.9 Å². The van der Waals surface area contributed by atoms with E-state index in [0.29, 0.717) is 18.5 Å². The molecule has 2 fully saturated rings. The number of diazo groups is 1. The Morgan fingerprint density at radius 3 is 2.38 bits per heavy atom. The van der Waals surface area contributed by atoms with Crippen molar-refractivity contribution in [3.8, 4) is 0 Å². The molecule has 0 spiro atoms. The van der Waals surface area contributed by atoms with E-state index in [9.17, 15) is 17.8 Å². The van der Waals surface area contributed by atoms with Crippen molar-refractivity contribution in [2.75, 3.05) is 5.75 Å². The Labute approximate surface area is 150 Å². The zero-order chi connectivity index (χ0) is 18.2. The minimum atomic E-state index is -4.33. The lowest BCUT2D eigenvalue weighted by molar-refractivity contribution is -0.128. The van der Waals surface area contributed by atoms with Gasteiger partial charge in [0, 0.05) is 17.9 Å². The first-order valence-corrected chi connectivity index (χ1v) is 9.97. The number of carbonyl (C=O) groups excluding carboxylic acids is 1. The molecule has 6 nitrogen and oxygen atoms in total. The van der Waals surface area contributed by atoms with Gasteiger partial charge in [-0.15, -0.1) is 0 Å². The lowest BCUT2D eigenvalue weighted by Crippen LogP contribution is -2.42. The van der Waals surface area contributed by atoms with Crippen molar-refractivity contribution in [1.82, 2.24) is 0 Å². The lowest BCUT2D eigenvalue weighted by Gasteiger charge is -2.37. The smallest absolute Gasteiger partial charge is 0.399 e. The summed E-state index contributed by atoms with van der Waals surface area (Å²) in [6.07, 6.45) is 1.88. The summed E-state index contributed by atoms with van der Waals surface area (Å²) in [5, 5.41) is 8.31. The van der Waals surface area contributed by atoms with Gasteiger partial charge in [0.05, 0.1) is 15.9 Å². The van der Waals surface area contributed by atoms with E-state index >= 15 is 0 Å². The Balaban J connectivity index is 0.000000198. The van der Waals surface area contributed by atoms with Crippen LogP contribution >= 0.6 is 15.9 Å². The van der Waals surface area contributed by atoms with Crippen LogP contribution in [0.4, 0.5) is 5.69 Å². The summed E-state index contributed by atoms with van der Waals surface area (Å²) in [5.74, 6) is -0.280. The third-order valence-corrected chi connectivity index (χ3v) is 7.04. The molecule has 24 heavy (non-hydrogen) atoms. The van der Waals surface area contributed by atoms with Gasteiger partial charge in [0.1, 0.15) is 10.3 Å². The van der Waals surface area contributed by atoms with Gasteiger partial charge in [-0.25, -0.2) is 8.42 Å². The molecule has 3 rings (SSSR count). The molecule has 130 valence electrons. The molecule has 0 N–H and O–H groups in total. The molecule has 0 saturated heterocycles.